The second kappa shape index (κ2) is 9.73. The lowest BCUT2D eigenvalue weighted by Crippen LogP contribution is -3.00. The number of hydrogen-bond donors (Lipinski definition) is 1. The SMILES string of the molecule is CCCCc1cc2c(=O)c(-c3csc(C)n3)coc2cc1OC(=O)C1CCC[NH2+]1.[Cl-]. The molecule has 0 radical (unpaired) electrons. The highest BCUT2D eigenvalue weighted by Crippen LogP contribution is 2.29. The predicted molar refractivity (Wildman–Crippen MR) is 112 cm³/mol. The molecule has 3 aromatic rings. The Kier molecular flexibility index (Phi) is 7.28. The Balaban J connectivity index is 0.00000256. The number of aromatic nitrogens is 1. The second-order valence-corrected chi connectivity index (χ2v) is 8.55. The van der Waals surface area contributed by atoms with Crippen LogP contribution in [0.3, 0.4) is 0 Å². The van der Waals surface area contributed by atoms with Gasteiger partial charge >= 0.3 is 5.97 Å². The first-order valence-electron chi connectivity index (χ1n) is 10.1. The van der Waals surface area contributed by atoms with Crippen LogP contribution in [0.4, 0.5) is 0 Å². The molecule has 0 bridgehead atoms. The minimum Gasteiger partial charge on any atom is -1.00 e. The first-order valence-corrected chi connectivity index (χ1v) is 11.0. The fourth-order valence-corrected chi connectivity index (χ4v) is 4.31. The largest absolute Gasteiger partial charge is 1.00 e. The average molecular weight is 449 g/mol. The molecule has 0 spiro atoms. The van der Waals surface area contributed by atoms with Gasteiger partial charge in [-0.25, -0.2) is 9.78 Å². The molecule has 1 atom stereocenters. The number of aryl methyl sites for hydroxylation is 2. The summed E-state index contributed by atoms with van der Waals surface area (Å²) in [6.07, 6.45) is 6.00. The lowest BCUT2D eigenvalue weighted by Gasteiger charge is -2.13. The molecule has 0 saturated carbocycles. The lowest BCUT2D eigenvalue weighted by molar-refractivity contribution is -0.658. The molecule has 2 aromatic heterocycles. The van der Waals surface area contributed by atoms with Crippen LogP contribution in [0.25, 0.3) is 22.2 Å². The number of unbranched alkanes of at least 4 members (excludes halogenated alkanes) is 1. The van der Waals surface area contributed by atoms with Gasteiger partial charge < -0.3 is 26.9 Å². The summed E-state index contributed by atoms with van der Waals surface area (Å²) in [4.78, 5) is 30.0. The number of nitrogens with two attached hydrogens (primary N) is 1. The Morgan fingerprint density at radius 1 is 1.40 bits per heavy atom. The average Bonchev–Trinajstić information content (AvgIpc) is 3.39. The van der Waals surface area contributed by atoms with Crippen molar-refractivity contribution in [1.29, 1.82) is 0 Å². The Hall–Kier alpha value is -2.22. The van der Waals surface area contributed by atoms with E-state index in [2.05, 4.69) is 11.9 Å². The van der Waals surface area contributed by atoms with Crippen LogP contribution in [0.5, 0.6) is 5.75 Å². The molecule has 0 aliphatic carbocycles. The van der Waals surface area contributed by atoms with Gasteiger partial charge in [0.2, 0.25) is 5.43 Å². The van der Waals surface area contributed by atoms with Crippen molar-refractivity contribution >= 4 is 28.3 Å². The predicted octanol–water partition coefficient (Wildman–Crippen LogP) is 0.203. The molecular weight excluding hydrogens is 424 g/mol. The van der Waals surface area contributed by atoms with Crippen molar-refractivity contribution in [1.82, 2.24) is 4.98 Å². The molecule has 1 aliphatic rings. The summed E-state index contributed by atoms with van der Waals surface area (Å²) in [5, 5.41) is 5.28. The van der Waals surface area contributed by atoms with Gasteiger partial charge in [-0.05, 0) is 31.4 Å². The van der Waals surface area contributed by atoms with E-state index in [1.165, 1.54) is 17.6 Å². The molecule has 160 valence electrons. The minimum atomic E-state index is -0.225. The van der Waals surface area contributed by atoms with E-state index in [0.717, 1.165) is 49.2 Å². The van der Waals surface area contributed by atoms with Gasteiger partial charge in [0, 0.05) is 24.3 Å². The number of benzene rings is 1. The molecule has 0 amide bonds. The summed E-state index contributed by atoms with van der Waals surface area (Å²) >= 11 is 1.50. The van der Waals surface area contributed by atoms with Crippen LogP contribution in [0.2, 0.25) is 0 Å². The number of halogens is 1. The van der Waals surface area contributed by atoms with Gasteiger partial charge in [0.1, 0.15) is 17.6 Å². The van der Waals surface area contributed by atoms with Crippen LogP contribution >= 0.6 is 11.3 Å². The van der Waals surface area contributed by atoms with Crippen LogP contribution in [0, 0.1) is 6.92 Å². The standard InChI is InChI=1S/C22H24N2O4S.ClH/c1-3-4-6-14-9-15-20(10-19(14)28-22(26)17-7-5-8-23-17)27-11-16(21(15)25)18-12-29-13(2)24-18;/h9-12,17,23H,3-8H2,1-2H3;1H. The Bertz CT molecular complexity index is 1100. The van der Waals surface area contributed by atoms with Gasteiger partial charge in [0.15, 0.2) is 6.04 Å². The lowest BCUT2D eigenvalue weighted by atomic mass is 10.0. The van der Waals surface area contributed by atoms with E-state index in [9.17, 15) is 9.59 Å². The van der Waals surface area contributed by atoms with Gasteiger partial charge in [-0.15, -0.1) is 11.3 Å². The van der Waals surface area contributed by atoms with Gasteiger partial charge in [0.05, 0.1) is 28.2 Å². The van der Waals surface area contributed by atoms with Crippen molar-refractivity contribution in [2.24, 2.45) is 0 Å². The summed E-state index contributed by atoms with van der Waals surface area (Å²) in [6.45, 7) is 4.97. The number of quaternary nitrogens is 1. The number of carbonyl (C=O) groups excluding carboxylic acids is 1. The highest BCUT2D eigenvalue weighted by atomic mass is 35.5. The molecular formula is C22H25ClN2O4S. The molecule has 3 heterocycles. The Morgan fingerprint density at radius 3 is 2.90 bits per heavy atom. The van der Waals surface area contributed by atoms with E-state index in [-0.39, 0.29) is 29.8 Å². The maximum atomic E-state index is 13.1. The van der Waals surface area contributed by atoms with E-state index < -0.39 is 0 Å². The Labute approximate surface area is 185 Å². The zero-order valence-electron chi connectivity index (χ0n) is 17.1. The van der Waals surface area contributed by atoms with E-state index in [0.29, 0.717) is 28.0 Å². The molecule has 1 aromatic carbocycles. The number of carbonyl (C=O) groups is 1. The van der Waals surface area contributed by atoms with Crippen molar-refractivity contribution in [2.75, 3.05) is 6.54 Å². The second-order valence-electron chi connectivity index (χ2n) is 7.48. The third-order valence-corrected chi connectivity index (χ3v) is 6.11. The van der Waals surface area contributed by atoms with E-state index >= 15 is 0 Å². The first-order chi connectivity index (χ1) is 14.1. The molecule has 1 saturated heterocycles. The van der Waals surface area contributed by atoms with Gasteiger partial charge in [-0.2, -0.15) is 0 Å². The zero-order chi connectivity index (χ0) is 20.4. The third kappa shape index (κ3) is 4.58. The highest BCUT2D eigenvalue weighted by molar-refractivity contribution is 7.09. The van der Waals surface area contributed by atoms with Crippen LogP contribution in [0.15, 0.2) is 33.0 Å². The summed E-state index contributed by atoms with van der Waals surface area (Å²) in [6, 6.07) is 3.36. The van der Waals surface area contributed by atoms with Crippen molar-refractivity contribution in [3.63, 3.8) is 0 Å². The Morgan fingerprint density at radius 2 is 2.23 bits per heavy atom. The summed E-state index contributed by atoms with van der Waals surface area (Å²) < 4.78 is 11.5. The molecule has 1 aliphatic heterocycles. The fourth-order valence-electron chi connectivity index (χ4n) is 3.70. The molecule has 2 N–H and O–H groups in total. The van der Waals surface area contributed by atoms with Crippen LogP contribution < -0.4 is 27.9 Å². The summed E-state index contributed by atoms with van der Waals surface area (Å²) in [5.74, 6) is 0.271. The number of nitrogens with zero attached hydrogens (tertiary/aromatic N) is 1. The topological polar surface area (TPSA) is 86.0 Å². The fraction of sp³-hybridized carbons (Fsp3) is 0.409. The van der Waals surface area contributed by atoms with Crippen LogP contribution in [0.1, 0.15) is 43.2 Å². The molecule has 6 nitrogen and oxygen atoms in total. The van der Waals surface area contributed by atoms with Crippen molar-refractivity contribution < 1.29 is 31.7 Å². The molecule has 8 heteroatoms. The zero-order valence-corrected chi connectivity index (χ0v) is 18.6. The van der Waals surface area contributed by atoms with E-state index in [1.54, 1.807) is 6.07 Å². The highest BCUT2D eigenvalue weighted by Gasteiger charge is 2.29. The minimum absolute atomic E-state index is 0. The monoisotopic (exact) mass is 448 g/mol. The number of hydrogen-bond acceptors (Lipinski definition) is 6. The van der Waals surface area contributed by atoms with Gasteiger partial charge in [0.25, 0.3) is 0 Å². The third-order valence-electron chi connectivity index (χ3n) is 5.33. The van der Waals surface area contributed by atoms with Crippen molar-refractivity contribution in [2.45, 2.75) is 52.0 Å². The number of rotatable bonds is 6. The number of esters is 1. The molecule has 30 heavy (non-hydrogen) atoms. The maximum absolute atomic E-state index is 13.1. The smallest absolute Gasteiger partial charge is 0.370 e. The van der Waals surface area contributed by atoms with E-state index in [1.807, 2.05) is 23.7 Å². The number of fused-ring (bicyclic) bond motifs is 1. The van der Waals surface area contributed by atoms with Gasteiger partial charge in [-0.1, -0.05) is 13.3 Å². The normalized spacial score (nSPS) is 15.9. The first kappa shape index (κ1) is 22.5. The summed E-state index contributed by atoms with van der Waals surface area (Å²) in [7, 11) is 0. The van der Waals surface area contributed by atoms with Crippen molar-refractivity contribution in [3.8, 4) is 17.0 Å². The molecule has 1 unspecified atom stereocenters. The van der Waals surface area contributed by atoms with Crippen LogP contribution in [-0.4, -0.2) is 23.5 Å². The van der Waals surface area contributed by atoms with Gasteiger partial charge in [-0.3, -0.25) is 4.79 Å². The molecule has 1 fully saturated rings. The summed E-state index contributed by atoms with van der Waals surface area (Å²) in [5.41, 5.74) is 2.25. The van der Waals surface area contributed by atoms with Crippen molar-refractivity contribution in [3.05, 3.63) is 44.6 Å². The number of thiazole rings is 1. The van der Waals surface area contributed by atoms with E-state index in [4.69, 9.17) is 9.15 Å². The number of ether oxygens (including phenoxy) is 1. The van der Waals surface area contributed by atoms with Crippen LogP contribution in [-0.2, 0) is 11.2 Å². The molecule has 4 rings (SSSR count). The maximum Gasteiger partial charge on any atom is 0.370 e. The quantitative estimate of drug-likeness (QED) is 0.430.